The maximum absolute atomic E-state index is 12.8. The number of carbonyl (C=O) groups excluding carboxylic acids is 2. The smallest absolute Gasteiger partial charge is 0.338 e. The number of methoxy groups -OCH3 is 2. The molecule has 1 heterocycles. The number of ether oxygens (including phenoxy) is 3. The van der Waals surface area contributed by atoms with Gasteiger partial charge in [0.15, 0.2) is 0 Å². The summed E-state index contributed by atoms with van der Waals surface area (Å²) in [4.78, 5) is 25.1. The van der Waals surface area contributed by atoms with Crippen molar-refractivity contribution in [2.45, 2.75) is 13.0 Å². The van der Waals surface area contributed by atoms with Gasteiger partial charge in [-0.25, -0.2) is 9.59 Å². The number of urea groups is 1. The van der Waals surface area contributed by atoms with Crippen LogP contribution in [-0.2, 0) is 9.53 Å². The van der Waals surface area contributed by atoms with Gasteiger partial charge in [-0.1, -0.05) is 12.1 Å². The van der Waals surface area contributed by atoms with E-state index in [1.54, 1.807) is 69.7 Å². The van der Waals surface area contributed by atoms with Crippen LogP contribution in [0.25, 0.3) is 5.70 Å². The molecular weight excluding hydrogens is 360 g/mol. The fourth-order valence-corrected chi connectivity index (χ4v) is 3.03. The van der Waals surface area contributed by atoms with Gasteiger partial charge in [0.2, 0.25) is 0 Å². The summed E-state index contributed by atoms with van der Waals surface area (Å²) in [6, 6.07) is 13.2. The molecule has 1 unspecified atom stereocenters. The van der Waals surface area contributed by atoms with Crippen molar-refractivity contribution in [3.8, 4) is 11.5 Å². The number of benzene rings is 2. The molecule has 1 atom stereocenters. The van der Waals surface area contributed by atoms with Crippen LogP contribution in [-0.4, -0.2) is 32.8 Å². The first kappa shape index (κ1) is 19.3. The highest BCUT2D eigenvalue weighted by Gasteiger charge is 2.34. The molecule has 0 bridgehead atoms. The summed E-state index contributed by atoms with van der Waals surface area (Å²) in [5.74, 6) is 0.858. The van der Waals surface area contributed by atoms with E-state index in [1.807, 2.05) is 0 Å². The minimum atomic E-state index is -0.657. The monoisotopic (exact) mass is 382 g/mol. The molecule has 2 amide bonds. The molecule has 0 saturated carbocycles. The van der Waals surface area contributed by atoms with Crippen molar-refractivity contribution in [3.05, 3.63) is 65.2 Å². The van der Waals surface area contributed by atoms with E-state index >= 15 is 0 Å². The first-order chi connectivity index (χ1) is 13.6. The first-order valence-corrected chi connectivity index (χ1v) is 8.84. The zero-order chi connectivity index (χ0) is 20.1. The van der Waals surface area contributed by atoms with E-state index in [0.717, 1.165) is 5.56 Å². The molecule has 2 aromatic rings. The lowest BCUT2D eigenvalue weighted by molar-refractivity contribution is -0.138. The van der Waals surface area contributed by atoms with Crippen molar-refractivity contribution in [3.63, 3.8) is 0 Å². The predicted molar refractivity (Wildman–Crippen MR) is 104 cm³/mol. The predicted octanol–water partition coefficient (Wildman–Crippen LogP) is 3.03. The maximum atomic E-state index is 12.8. The van der Waals surface area contributed by atoms with Crippen LogP contribution in [0.5, 0.6) is 11.5 Å². The highest BCUT2D eigenvalue weighted by molar-refractivity contribution is 6.04. The molecule has 28 heavy (non-hydrogen) atoms. The molecule has 0 fully saturated rings. The van der Waals surface area contributed by atoms with Gasteiger partial charge < -0.3 is 24.8 Å². The highest BCUT2D eigenvalue weighted by Crippen LogP contribution is 2.33. The van der Waals surface area contributed by atoms with Crippen molar-refractivity contribution in [2.24, 2.45) is 0 Å². The largest absolute Gasteiger partial charge is 0.497 e. The van der Waals surface area contributed by atoms with E-state index < -0.39 is 18.0 Å². The number of hydrogen-bond donors (Lipinski definition) is 2. The standard InChI is InChI=1S/C21H22N2O5/c1-4-28-20(24)17-18(13-5-9-15(26-2)10-6-13)22-21(25)23-19(17)14-7-11-16(27-3)12-8-14/h5-12,18H,4H2,1-3H3,(H2,22,23,25). The lowest BCUT2D eigenvalue weighted by Crippen LogP contribution is -2.45. The zero-order valence-electron chi connectivity index (χ0n) is 15.9. The van der Waals surface area contributed by atoms with Crippen molar-refractivity contribution in [1.29, 1.82) is 0 Å². The average molecular weight is 382 g/mol. The Morgan fingerprint density at radius 2 is 1.54 bits per heavy atom. The van der Waals surface area contributed by atoms with Gasteiger partial charge in [0.05, 0.1) is 38.1 Å². The summed E-state index contributed by atoms with van der Waals surface area (Å²) in [5.41, 5.74) is 2.16. The highest BCUT2D eigenvalue weighted by atomic mass is 16.5. The topological polar surface area (TPSA) is 85.9 Å². The number of carbonyl (C=O) groups is 2. The summed E-state index contributed by atoms with van der Waals surface area (Å²) in [7, 11) is 3.15. The second kappa shape index (κ2) is 8.47. The maximum Gasteiger partial charge on any atom is 0.338 e. The van der Waals surface area contributed by atoms with Crippen molar-refractivity contribution < 1.29 is 23.8 Å². The van der Waals surface area contributed by atoms with E-state index in [9.17, 15) is 9.59 Å². The number of hydrogen-bond acceptors (Lipinski definition) is 5. The fourth-order valence-electron chi connectivity index (χ4n) is 3.03. The van der Waals surface area contributed by atoms with Gasteiger partial charge >= 0.3 is 12.0 Å². The van der Waals surface area contributed by atoms with E-state index in [1.165, 1.54) is 0 Å². The molecule has 1 aliphatic heterocycles. The van der Waals surface area contributed by atoms with Gasteiger partial charge in [0.25, 0.3) is 0 Å². The molecule has 2 aromatic carbocycles. The van der Waals surface area contributed by atoms with Gasteiger partial charge in [-0.3, -0.25) is 0 Å². The molecule has 0 spiro atoms. The Balaban J connectivity index is 2.12. The summed E-state index contributed by atoms with van der Waals surface area (Å²) >= 11 is 0. The first-order valence-electron chi connectivity index (χ1n) is 8.84. The Labute approximate surface area is 163 Å². The number of esters is 1. The van der Waals surface area contributed by atoms with Crippen LogP contribution in [0, 0.1) is 0 Å². The minimum absolute atomic E-state index is 0.224. The van der Waals surface area contributed by atoms with Crippen LogP contribution in [0.4, 0.5) is 4.79 Å². The molecule has 0 aliphatic carbocycles. The third-order valence-corrected chi connectivity index (χ3v) is 4.40. The Morgan fingerprint density at radius 1 is 0.964 bits per heavy atom. The Hall–Kier alpha value is -3.48. The van der Waals surface area contributed by atoms with Crippen LogP contribution < -0.4 is 20.1 Å². The number of rotatable bonds is 6. The van der Waals surface area contributed by atoms with E-state index in [0.29, 0.717) is 28.3 Å². The van der Waals surface area contributed by atoms with Crippen molar-refractivity contribution in [1.82, 2.24) is 10.6 Å². The molecular formula is C21H22N2O5. The Morgan fingerprint density at radius 3 is 2.07 bits per heavy atom. The lowest BCUT2D eigenvalue weighted by Gasteiger charge is -2.29. The second-order valence-electron chi connectivity index (χ2n) is 6.04. The molecule has 2 N–H and O–H groups in total. The number of nitrogens with one attached hydrogen (secondary N) is 2. The van der Waals surface area contributed by atoms with Gasteiger partial charge in [-0.15, -0.1) is 0 Å². The normalized spacial score (nSPS) is 16.1. The van der Waals surface area contributed by atoms with E-state index in [-0.39, 0.29) is 6.61 Å². The summed E-state index contributed by atoms with van der Waals surface area (Å²) < 4.78 is 15.6. The zero-order valence-corrected chi connectivity index (χ0v) is 15.9. The van der Waals surface area contributed by atoms with Crippen molar-refractivity contribution >= 4 is 17.7 Å². The summed E-state index contributed by atoms with van der Waals surface area (Å²) in [6.45, 7) is 1.96. The summed E-state index contributed by atoms with van der Waals surface area (Å²) in [6.07, 6.45) is 0. The van der Waals surface area contributed by atoms with Gasteiger partial charge in [0.1, 0.15) is 11.5 Å². The molecule has 0 radical (unpaired) electrons. The quantitative estimate of drug-likeness (QED) is 0.750. The van der Waals surface area contributed by atoms with Gasteiger partial charge in [-0.2, -0.15) is 0 Å². The van der Waals surface area contributed by atoms with Crippen LogP contribution >= 0.6 is 0 Å². The molecule has 0 aromatic heterocycles. The molecule has 0 saturated heterocycles. The van der Waals surface area contributed by atoms with E-state index in [2.05, 4.69) is 10.6 Å². The Bertz CT molecular complexity index is 888. The lowest BCUT2D eigenvalue weighted by atomic mass is 9.92. The van der Waals surface area contributed by atoms with Crippen LogP contribution in [0.2, 0.25) is 0 Å². The van der Waals surface area contributed by atoms with Gasteiger partial charge in [-0.05, 0) is 54.4 Å². The van der Waals surface area contributed by atoms with E-state index in [4.69, 9.17) is 14.2 Å². The fraction of sp³-hybridized carbons (Fsp3) is 0.238. The van der Waals surface area contributed by atoms with Gasteiger partial charge in [0, 0.05) is 0 Å². The molecule has 1 aliphatic rings. The summed E-state index contributed by atoms with van der Waals surface area (Å²) in [5, 5.41) is 5.55. The molecule has 7 nitrogen and oxygen atoms in total. The second-order valence-corrected chi connectivity index (χ2v) is 6.04. The third-order valence-electron chi connectivity index (χ3n) is 4.40. The van der Waals surface area contributed by atoms with Crippen molar-refractivity contribution in [2.75, 3.05) is 20.8 Å². The Kier molecular flexibility index (Phi) is 5.84. The molecule has 3 rings (SSSR count). The molecule has 7 heteroatoms. The van der Waals surface area contributed by atoms with Crippen LogP contribution in [0.15, 0.2) is 54.1 Å². The number of amides is 2. The average Bonchev–Trinajstić information content (AvgIpc) is 2.73. The third kappa shape index (κ3) is 3.93. The molecule has 146 valence electrons. The van der Waals surface area contributed by atoms with Crippen LogP contribution in [0.1, 0.15) is 24.1 Å². The SMILES string of the molecule is CCOC(=O)C1=C(c2ccc(OC)cc2)NC(=O)NC1c1ccc(OC)cc1. The minimum Gasteiger partial charge on any atom is -0.497 e. The van der Waals surface area contributed by atoms with Crippen LogP contribution in [0.3, 0.4) is 0 Å².